The molecule has 4 nitrogen and oxygen atoms in total. The van der Waals surface area contributed by atoms with Crippen LogP contribution in [0.3, 0.4) is 0 Å². The minimum Gasteiger partial charge on any atom is -0.363 e. The van der Waals surface area contributed by atoms with Crippen LogP contribution in [0.15, 0.2) is 0 Å². The molecule has 98 valence electrons. The van der Waals surface area contributed by atoms with Crippen LogP contribution in [0.2, 0.25) is 0 Å². The number of carbonyl (C=O) groups is 1. The summed E-state index contributed by atoms with van der Waals surface area (Å²) in [5, 5.41) is 6.23. The van der Waals surface area contributed by atoms with Crippen molar-refractivity contribution in [1.82, 2.24) is 10.6 Å². The van der Waals surface area contributed by atoms with Crippen molar-refractivity contribution < 1.29 is 9.53 Å². The molecule has 4 heteroatoms. The third-order valence-electron chi connectivity index (χ3n) is 3.72. The number of ether oxygens (including phenoxy) is 1. The molecule has 1 heterocycles. The molecule has 1 saturated carbocycles. The highest BCUT2D eigenvalue weighted by molar-refractivity contribution is 5.77. The lowest BCUT2D eigenvalue weighted by molar-refractivity contribution is -0.136. The molecule has 0 aromatic heterocycles. The SMILES string of the molecule is CCC(CC1CC1)NC(=O)COC1(C)CNC1. The fourth-order valence-corrected chi connectivity index (χ4v) is 2.17. The number of nitrogens with one attached hydrogen (secondary N) is 2. The van der Waals surface area contributed by atoms with Gasteiger partial charge in [-0.05, 0) is 25.7 Å². The molecule has 17 heavy (non-hydrogen) atoms. The first-order valence-electron chi connectivity index (χ1n) is 6.75. The predicted molar refractivity (Wildman–Crippen MR) is 66.8 cm³/mol. The van der Waals surface area contributed by atoms with Gasteiger partial charge in [0.2, 0.25) is 5.91 Å². The average molecular weight is 240 g/mol. The minimum absolute atomic E-state index is 0.0330. The normalized spacial score (nSPS) is 23.9. The highest BCUT2D eigenvalue weighted by atomic mass is 16.5. The van der Waals surface area contributed by atoms with Gasteiger partial charge in [0.1, 0.15) is 6.61 Å². The predicted octanol–water partition coefficient (Wildman–Crippen LogP) is 1.06. The first-order chi connectivity index (χ1) is 8.11. The second-order valence-electron chi connectivity index (χ2n) is 5.69. The Hall–Kier alpha value is -0.610. The van der Waals surface area contributed by atoms with Crippen molar-refractivity contribution in [2.75, 3.05) is 19.7 Å². The van der Waals surface area contributed by atoms with Crippen LogP contribution < -0.4 is 10.6 Å². The van der Waals surface area contributed by atoms with Crippen LogP contribution in [-0.2, 0) is 9.53 Å². The van der Waals surface area contributed by atoms with Crippen molar-refractivity contribution in [1.29, 1.82) is 0 Å². The molecule has 2 aliphatic rings. The molecule has 1 amide bonds. The molecule has 0 aromatic carbocycles. The van der Waals surface area contributed by atoms with E-state index in [0.717, 1.165) is 31.8 Å². The van der Waals surface area contributed by atoms with Crippen LogP contribution in [0.25, 0.3) is 0 Å². The monoisotopic (exact) mass is 240 g/mol. The van der Waals surface area contributed by atoms with E-state index in [1.165, 1.54) is 12.8 Å². The second kappa shape index (κ2) is 5.36. The number of amides is 1. The molecule has 1 aliphatic carbocycles. The van der Waals surface area contributed by atoms with Crippen molar-refractivity contribution in [3.63, 3.8) is 0 Å². The molecule has 2 N–H and O–H groups in total. The number of hydrogen-bond acceptors (Lipinski definition) is 3. The number of rotatable bonds is 7. The highest BCUT2D eigenvalue weighted by Crippen LogP contribution is 2.34. The highest BCUT2D eigenvalue weighted by Gasteiger charge is 2.33. The van der Waals surface area contributed by atoms with Gasteiger partial charge in [-0.1, -0.05) is 19.8 Å². The fourth-order valence-electron chi connectivity index (χ4n) is 2.17. The number of carbonyl (C=O) groups excluding carboxylic acids is 1. The van der Waals surface area contributed by atoms with Crippen LogP contribution in [0.5, 0.6) is 0 Å². The van der Waals surface area contributed by atoms with Gasteiger partial charge in [-0.25, -0.2) is 0 Å². The van der Waals surface area contributed by atoms with Crippen LogP contribution >= 0.6 is 0 Å². The summed E-state index contributed by atoms with van der Waals surface area (Å²) in [6, 6.07) is 0.339. The van der Waals surface area contributed by atoms with E-state index in [0.29, 0.717) is 6.04 Å². The lowest BCUT2D eigenvalue weighted by atomic mass is 10.0. The summed E-state index contributed by atoms with van der Waals surface area (Å²) in [7, 11) is 0. The van der Waals surface area contributed by atoms with Gasteiger partial charge in [0.25, 0.3) is 0 Å². The van der Waals surface area contributed by atoms with Crippen molar-refractivity contribution in [2.45, 2.75) is 51.2 Å². The Morgan fingerprint density at radius 1 is 1.53 bits per heavy atom. The molecule has 1 saturated heterocycles. The van der Waals surface area contributed by atoms with Gasteiger partial charge in [0.15, 0.2) is 0 Å². The van der Waals surface area contributed by atoms with Crippen molar-refractivity contribution in [3.8, 4) is 0 Å². The Balaban J connectivity index is 1.64. The molecule has 1 unspecified atom stereocenters. The van der Waals surface area contributed by atoms with E-state index in [9.17, 15) is 4.79 Å². The summed E-state index contributed by atoms with van der Waals surface area (Å²) in [4.78, 5) is 11.7. The molecule has 0 aromatic rings. The van der Waals surface area contributed by atoms with E-state index < -0.39 is 0 Å². The van der Waals surface area contributed by atoms with E-state index in [1.807, 2.05) is 6.92 Å². The summed E-state index contributed by atoms with van der Waals surface area (Å²) in [5.74, 6) is 0.889. The molecular formula is C13H24N2O2. The van der Waals surface area contributed by atoms with Gasteiger partial charge in [-0.3, -0.25) is 4.79 Å². The van der Waals surface area contributed by atoms with Crippen LogP contribution in [-0.4, -0.2) is 37.2 Å². The summed E-state index contributed by atoms with van der Waals surface area (Å²) in [6.45, 7) is 6.06. The van der Waals surface area contributed by atoms with E-state index in [-0.39, 0.29) is 18.1 Å². The number of hydrogen-bond donors (Lipinski definition) is 2. The molecule has 1 aliphatic heterocycles. The second-order valence-corrected chi connectivity index (χ2v) is 5.69. The van der Waals surface area contributed by atoms with Gasteiger partial charge in [-0.2, -0.15) is 0 Å². The lowest BCUT2D eigenvalue weighted by Gasteiger charge is -2.38. The third kappa shape index (κ3) is 3.96. The molecule has 2 rings (SSSR count). The van der Waals surface area contributed by atoms with Gasteiger partial charge in [0, 0.05) is 19.1 Å². The van der Waals surface area contributed by atoms with Crippen molar-refractivity contribution in [2.24, 2.45) is 5.92 Å². The first kappa shape index (κ1) is 12.8. The third-order valence-corrected chi connectivity index (χ3v) is 3.72. The molecule has 1 atom stereocenters. The van der Waals surface area contributed by atoms with Crippen LogP contribution in [0.4, 0.5) is 0 Å². The summed E-state index contributed by atoms with van der Waals surface area (Å²) in [5.41, 5.74) is -0.129. The molecule has 2 fully saturated rings. The maximum atomic E-state index is 11.7. The molecular weight excluding hydrogens is 216 g/mol. The summed E-state index contributed by atoms with van der Waals surface area (Å²) < 4.78 is 5.62. The maximum absolute atomic E-state index is 11.7. The smallest absolute Gasteiger partial charge is 0.246 e. The van der Waals surface area contributed by atoms with E-state index in [2.05, 4.69) is 17.6 Å². The van der Waals surface area contributed by atoms with Gasteiger partial charge < -0.3 is 15.4 Å². The molecule has 0 bridgehead atoms. The molecule has 0 radical (unpaired) electrons. The Morgan fingerprint density at radius 3 is 2.71 bits per heavy atom. The first-order valence-corrected chi connectivity index (χ1v) is 6.75. The average Bonchev–Trinajstić information content (AvgIpc) is 3.06. The summed E-state index contributed by atoms with van der Waals surface area (Å²) in [6.07, 6.45) is 4.83. The Kier molecular flexibility index (Phi) is 4.05. The largest absolute Gasteiger partial charge is 0.363 e. The zero-order valence-corrected chi connectivity index (χ0v) is 10.9. The topological polar surface area (TPSA) is 50.4 Å². The van der Waals surface area contributed by atoms with E-state index in [1.54, 1.807) is 0 Å². The van der Waals surface area contributed by atoms with Gasteiger partial charge >= 0.3 is 0 Å². The zero-order chi connectivity index (χ0) is 12.3. The van der Waals surface area contributed by atoms with Crippen LogP contribution in [0, 0.1) is 5.92 Å². The maximum Gasteiger partial charge on any atom is 0.246 e. The van der Waals surface area contributed by atoms with Gasteiger partial charge in [0.05, 0.1) is 5.60 Å². The summed E-state index contributed by atoms with van der Waals surface area (Å²) >= 11 is 0. The van der Waals surface area contributed by atoms with E-state index in [4.69, 9.17) is 4.74 Å². The van der Waals surface area contributed by atoms with Crippen molar-refractivity contribution >= 4 is 5.91 Å². The lowest BCUT2D eigenvalue weighted by Crippen LogP contribution is -2.59. The quantitative estimate of drug-likeness (QED) is 0.699. The Bertz CT molecular complexity index is 273. The van der Waals surface area contributed by atoms with E-state index >= 15 is 0 Å². The van der Waals surface area contributed by atoms with Crippen LogP contribution in [0.1, 0.15) is 39.5 Å². The Labute approximate surface area is 103 Å². The van der Waals surface area contributed by atoms with Crippen molar-refractivity contribution in [3.05, 3.63) is 0 Å². The fraction of sp³-hybridized carbons (Fsp3) is 0.923. The zero-order valence-electron chi connectivity index (χ0n) is 10.9. The minimum atomic E-state index is -0.129. The van der Waals surface area contributed by atoms with Gasteiger partial charge in [-0.15, -0.1) is 0 Å². The standard InChI is InChI=1S/C13H24N2O2/c1-3-11(6-10-4-5-10)15-12(16)7-17-13(2)8-14-9-13/h10-11,14H,3-9H2,1-2H3,(H,15,16). The molecule has 0 spiro atoms. The Morgan fingerprint density at radius 2 is 2.24 bits per heavy atom.